The van der Waals surface area contributed by atoms with Crippen LogP contribution in [0.15, 0.2) is 35.7 Å². The van der Waals surface area contributed by atoms with Crippen molar-refractivity contribution in [3.8, 4) is 0 Å². The highest BCUT2D eigenvalue weighted by molar-refractivity contribution is 7.99. The Balaban J connectivity index is 2.07. The van der Waals surface area contributed by atoms with Crippen molar-refractivity contribution < 1.29 is 4.39 Å². The normalized spacial score (nSPS) is 20.2. The van der Waals surface area contributed by atoms with Crippen LogP contribution < -0.4 is 5.32 Å². The summed E-state index contributed by atoms with van der Waals surface area (Å²) >= 11 is 1.82. The van der Waals surface area contributed by atoms with Gasteiger partial charge in [-0.25, -0.2) is 4.39 Å². The summed E-state index contributed by atoms with van der Waals surface area (Å²) in [6.07, 6.45) is 5.12. The molecule has 0 amide bonds. The molecule has 0 aliphatic carbocycles. The number of allylic oxidation sites excluding steroid dienone is 1. The van der Waals surface area contributed by atoms with Gasteiger partial charge in [-0.3, -0.25) is 0 Å². The van der Waals surface area contributed by atoms with E-state index in [-0.39, 0.29) is 11.9 Å². The van der Waals surface area contributed by atoms with E-state index in [4.69, 9.17) is 0 Å². The van der Waals surface area contributed by atoms with Gasteiger partial charge >= 0.3 is 0 Å². The van der Waals surface area contributed by atoms with Crippen LogP contribution in [-0.4, -0.2) is 11.8 Å². The zero-order valence-electron chi connectivity index (χ0n) is 10.8. The van der Waals surface area contributed by atoms with Crippen molar-refractivity contribution in [2.24, 2.45) is 0 Å². The molecule has 3 heteroatoms. The lowest BCUT2D eigenvalue weighted by atomic mass is 10.0. The Kier molecular flexibility index (Phi) is 4.84. The summed E-state index contributed by atoms with van der Waals surface area (Å²) in [5, 5.41) is 3.61. The fourth-order valence-electron chi connectivity index (χ4n) is 2.33. The van der Waals surface area contributed by atoms with Gasteiger partial charge < -0.3 is 5.32 Å². The molecular weight excluding hydrogens is 245 g/mol. The number of benzene rings is 1. The van der Waals surface area contributed by atoms with Gasteiger partial charge in [-0.05, 0) is 55.7 Å². The van der Waals surface area contributed by atoms with E-state index in [0.717, 1.165) is 30.6 Å². The number of halogens is 1. The standard InChI is InChI=1S/C15H20FNS/c1-3-4-5-11(2)17-14-8-9-18-15-7-6-12(16)10-13(14)15/h3,6-7,10-11,14,17H,1,4-5,8-9H2,2H3. The van der Waals surface area contributed by atoms with Gasteiger partial charge in [0.25, 0.3) is 0 Å². The van der Waals surface area contributed by atoms with E-state index in [1.807, 2.05) is 23.9 Å². The Morgan fingerprint density at radius 1 is 1.61 bits per heavy atom. The molecule has 0 bridgehead atoms. The molecule has 1 aliphatic rings. The minimum atomic E-state index is -0.137. The number of fused-ring (bicyclic) bond motifs is 1. The van der Waals surface area contributed by atoms with Crippen molar-refractivity contribution in [3.63, 3.8) is 0 Å². The number of hydrogen-bond acceptors (Lipinski definition) is 2. The molecule has 1 N–H and O–H groups in total. The molecule has 1 aromatic carbocycles. The maximum Gasteiger partial charge on any atom is 0.123 e. The summed E-state index contributed by atoms with van der Waals surface area (Å²) in [6, 6.07) is 5.86. The lowest BCUT2D eigenvalue weighted by Gasteiger charge is -2.29. The van der Waals surface area contributed by atoms with E-state index in [9.17, 15) is 4.39 Å². The fourth-order valence-corrected chi connectivity index (χ4v) is 3.44. The maximum absolute atomic E-state index is 13.4. The molecule has 0 saturated carbocycles. The lowest BCUT2D eigenvalue weighted by molar-refractivity contribution is 0.422. The van der Waals surface area contributed by atoms with Crippen LogP contribution in [0, 0.1) is 5.82 Å². The number of nitrogens with one attached hydrogen (secondary N) is 1. The van der Waals surface area contributed by atoms with Crippen molar-refractivity contribution in [3.05, 3.63) is 42.2 Å². The third-order valence-corrected chi connectivity index (χ3v) is 4.42. The zero-order valence-corrected chi connectivity index (χ0v) is 11.6. The molecule has 0 fully saturated rings. The predicted molar refractivity (Wildman–Crippen MR) is 76.5 cm³/mol. The highest BCUT2D eigenvalue weighted by atomic mass is 32.2. The highest BCUT2D eigenvalue weighted by Gasteiger charge is 2.22. The third kappa shape index (κ3) is 3.36. The van der Waals surface area contributed by atoms with E-state index in [1.54, 1.807) is 12.1 Å². The van der Waals surface area contributed by atoms with Crippen molar-refractivity contribution >= 4 is 11.8 Å². The smallest absolute Gasteiger partial charge is 0.123 e. The van der Waals surface area contributed by atoms with Crippen molar-refractivity contribution in [1.29, 1.82) is 0 Å². The van der Waals surface area contributed by atoms with Crippen LogP contribution >= 0.6 is 11.8 Å². The van der Waals surface area contributed by atoms with Crippen LogP contribution in [0.1, 0.15) is 37.8 Å². The van der Waals surface area contributed by atoms with Gasteiger partial charge in [0.1, 0.15) is 5.82 Å². The molecule has 0 saturated heterocycles. The molecule has 2 atom stereocenters. The second-order valence-corrected chi connectivity index (χ2v) is 5.94. The number of thioether (sulfide) groups is 1. The van der Waals surface area contributed by atoms with Gasteiger partial charge in [0.05, 0.1) is 0 Å². The first-order valence-corrected chi connectivity index (χ1v) is 7.48. The molecule has 18 heavy (non-hydrogen) atoms. The van der Waals surface area contributed by atoms with Crippen LogP contribution in [-0.2, 0) is 0 Å². The Labute approximate surface area is 113 Å². The van der Waals surface area contributed by atoms with Crippen LogP contribution in [0.25, 0.3) is 0 Å². The van der Waals surface area contributed by atoms with Crippen LogP contribution in [0.3, 0.4) is 0 Å². The molecule has 1 aliphatic heterocycles. The molecule has 0 spiro atoms. The van der Waals surface area contributed by atoms with Gasteiger partial charge in [0.15, 0.2) is 0 Å². The van der Waals surface area contributed by atoms with Gasteiger partial charge in [0, 0.05) is 17.0 Å². The quantitative estimate of drug-likeness (QED) is 0.796. The molecule has 0 aromatic heterocycles. The monoisotopic (exact) mass is 265 g/mol. The van der Waals surface area contributed by atoms with Gasteiger partial charge in [-0.2, -0.15) is 0 Å². The second-order valence-electron chi connectivity index (χ2n) is 4.81. The van der Waals surface area contributed by atoms with Gasteiger partial charge in [-0.1, -0.05) is 6.08 Å². The van der Waals surface area contributed by atoms with E-state index in [2.05, 4.69) is 18.8 Å². The highest BCUT2D eigenvalue weighted by Crippen LogP contribution is 2.36. The zero-order chi connectivity index (χ0) is 13.0. The molecule has 0 radical (unpaired) electrons. The fraction of sp³-hybridized carbons (Fsp3) is 0.467. The van der Waals surface area contributed by atoms with E-state index >= 15 is 0 Å². The summed E-state index contributed by atoms with van der Waals surface area (Å²) < 4.78 is 13.4. The average Bonchev–Trinajstić information content (AvgIpc) is 2.37. The molecule has 1 heterocycles. The molecule has 1 nitrogen and oxygen atoms in total. The van der Waals surface area contributed by atoms with Crippen LogP contribution in [0.5, 0.6) is 0 Å². The molecule has 98 valence electrons. The second kappa shape index (κ2) is 6.39. The largest absolute Gasteiger partial charge is 0.307 e. The van der Waals surface area contributed by atoms with Crippen molar-refractivity contribution in [1.82, 2.24) is 5.32 Å². The Bertz CT molecular complexity index is 419. The van der Waals surface area contributed by atoms with E-state index in [1.165, 1.54) is 4.90 Å². The third-order valence-electron chi connectivity index (χ3n) is 3.30. The lowest BCUT2D eigenvalue weighted by Crippen LogP contribution is -2.32. The minimum absolute atomic E-state index is 0.137. The van der Waals surface area contributed by atoms with Crippen molar-refractivity contribution in [2.45, 2.75) is 43.2 Å². The van der Waals surface area contributed by atoms with E-state index < -0.39 is 0 Å². The Hall–Kier alpha value is -0.800. The van der Waals surface area contributed by atoms with Gasteiger partial charge in [0.2, 0.25) is 0 Å². The summed E-state index contributed by atoms with van der Waals surface area (Å²) in [7, 11) is 0. The van der Waals surface area contributed by atoms with Crippen molar-refractivity contribution in [2.75, 3.05) is 5.75 Å². The SMILES string of the molecule is C=CCCC(C)NC1CCSc2ccc(F)cc21. The first-order chi connectivity index (χ1) is 8.70. The molecule has 2 rings (SSSR count). The summed E-state index contributed by atoms with van der Waals surface area (Å²) in [4.78, 5) is 1.22. The average molecular weight is 265 g/mol. The van der Waals surface area contributed by atoms with Gasteiger partial charge in [-0.15, -0.1) is 18.3 Å². The molecule has 1 aromatic rings. The maximum atomic E-state index is 13.4. The summed E-state index contributed by atoms with van der Waals surface area (Å²) in [5.41, 5.74) is 1.12. The van der Waals surface area contributed by atoms with Crippen LogP contribution in [0.2, 0.25) is 0 Å². The Morgan fingerprint density at radius 2 is 2.44 bits per heavy atom. The summed E-state index contributed by atoms with van der Waals surface area (Å²) in [5.74, 6) is 0.964. The first kappa shape index (κ1) is 13.6. The Morgan fingerprint density at radius 3 is 3.22 bits per heavy atom. The van der Waals surface area contributed by atoms with E-state index in [0.29, 0.717) is 6.04 Å². The predicted octanol–water partition coefficient (Wildman–Crippen LogP) is 4.31. The first-order valence-electron chi connectivity index (χ1n) is 6.50. The number of rotatable bonds is 5. The topological polar surface area (TPSA) is 12.0 Å². The summed E-state index contributed by atoms with van der Waals surface area (Å²) in [6.45, 7) is 5.93. The van der Waals surface area contributed by atoms with Crippen LogP contribution in [0.4, 0.5) is 4.39 Å². The minimum Gasteiger partial charge on any atom is -0.307 e. The molecule has 2 unspecified atom stereocenters. The molecular formula is C15H20FNS. The number of hydrogen-bond donors (Lipinski definition) is 1.